The average molecular weight is 400 g/mol. The lowest BCUT2D eigenvalue weighted by atomic mass is 10.1. The number of nitro groups is 1. The predicted octanol–water partition coefficient (Wildman–Crippen LogP) is 5.07. The molecule has 0 radical (unpaired) electrons. The zero-order valence-electron chi connectivity index (χ0n) is 15.9. The molecule has 4 aromatic rings. The van der Waals surface area contributed by atoms with Gasteiger partial charge >= 0.3 is 0 Å². The molecule has 0 saturated heterocycles. The molecule has 2 heterocycles. The highest BCUT2D eigenvalue weighted by Crippen LogP contribution is 2.28. The third-order valence-electron chi connectivity index (χ3n) is 4.32. The molecule has 2 aromatic heterocycles. The van der Waals surface area contributed by atoms with Crippen molar-refractivity contribution in [1.82, 2.24) is 9.97 Å². The molecule has 2 aromatic carbocycles. The lowest BCUT2D eigenvalue weighted by molar-refractivity contribution is -0.384. The Labute approximate surface area is 171 Å². The standard InChI is InChI=1S/C22H16N4O4/c1-29-18-10-6-16(7-11-18)21-13-20(15-4-8-17(9-5-15)26(27)28)24-22(25-21)23-14-19-3-2-12-30-19/h2-14H,1H3/b23-14+. The van der Waals surface area contributed by atoms with Crippen LogP contribution in [0.25, 0.3) is 22.5 Å². The van der Waals surface area contributed by atoms with Crippen molar-refractivity contribution in [3.05, 3.63) is 88.9 Å². The van der Waals surface area contributed by atoms with Gasteiger partial charge < -0.3 is 9.15 Å². The van der Waals surface area contributed by atoms with Crippen molar-refractivity contribution in [1.29, 1.82) is 0 Å². The summed E-state index contributed by atoms with van der Waals surface area (Å²) in [5.74, 6) is 1.55. The third-order valence-corrected chi connectivity index (χ3v) is 4.32. The summed E-state index contributed by atoms with van der Waals surface area (Å²) in [4.78, 5) is 23.8. The van der Waals surface area contributed by atoms with Crippen LogP contribution in [0.5, 0.6) is 5.75 Å². The highest BCUT2D eigenvalue weighted by Gasteiger charge is 2.11. The second kappa shape index (κ2) is 8.36. The maximum Gasteiger partial charge on any atom is 0.269 e. The Hall–Kier alpha value is -4.33. The number of benzene rings is 2. The molecule has 0 aliphatic carbocycles. The van der Waals surface area contributed by atoms with E-state index in [1.807, 2.05) is 30.3 Å². The second-order valence-electron chi connectivity index (χ2n) is 6.24. The quantitative estimate of drug-likeness (QED) is 0.254. The monoisotopic (exact) mass is 400 g/mol. The first-order valence-corrected chi connectivity index (χ1v) is 8.98. The Balaban J connectivity index is 1.77. The largest absolute Gasteiger partial charge is 0.497 e. The van der Waals surface area contributed by atoms with Crippen LogP contribution in [0.1, 0.15) is 5.76 Å². The molecule has 0 bridgehead atoms. The van der Waals surface area contributed by atoms with E-state index >= 15 is 0 Å². The predicted molar refractivity (Wildman–Crippen MR) is 112 cm³/mol. The van der Waals surface area contributed by atoms with Gasteiger partial charge in [0.25, 0.3) is 11.6 Å². The topological polar surface area (TPSA) is 104 Å². The molecular formula is C22H16N4O4. The molecule has 0 saturated carbocycles. The minimum atomic E-state index is -0.439. The highest BCUT2D eigenvalue weighted by atomic mass is 16.6. The van der Waals surface area contributed by atoms with E-state index in [-0.39, 0.29) is 11.6 Å². The molecule has 0 spiro atoms. The summed E-state index contributed by atoms with van der Waals surface area (Å²) < 4.78 is 10.5. The molecule has 4 rings (SSSR count). The number of ether oxygens (including phenoxy) is 1. The van der Waals surface area contributed by atoms with Gasteiger partial charge in [0.05, 0.1) is 35.9 Å². The van der Waals surface area contributed by atoms with Gasteiger partial charge in [0, 0.05) is 23.3 Å². The van der Waals surface area contributed by atoms with Crippen LogP contribution in [0.2, 0.25) is 0 Å². The fourth-order valence-corrected chi connectivity index (χ4v) is 2.79. The smallest absolute Gasteiger partial charge is 0.269 e. The van der Waals surface area contributed by atoms with Crippen LogP contribution in [0.15, 0.2) is 82.4 Å². The Morgan fingerprint density at radius 1 is 1.00 bits per heavy atom. The lowest BCUT2D eigenvalue weighted by Crippen LogP contribution is -1.93. The molecule has 8 nitrogen and oxygen atoms in total. The Kier molecular flexibility index (Phi) is 5.29. The molecular weight excluding hydrogens is 384 g/mol. The number of methoxy groups -OCH3 is 1. The van der Waals surface area contributed by atoms with Gasteiger partial charge in [-0.3, -0.25) is 10.1 Å². The van der Waals surface area contributed by atoms with Crippen LogP contribution in [-0.2, 0) is 0 Å². The Bertz CT molecular complexity index is 1190. The van der Waals surface area contributed by atoms with Gasteiger partial charge in [-0.1, -0.05) is 0 Å². The summed E-state index contributed by atoms with van der Waals surface area (Å²) in [5, 5.41) is 10.9. The zero-order valence-corrected chi connectivity index (χ0v) is 15.9. The maximum absolute atomic E-state index is 10.9. The van der Waals surface area contributed by atoms with Crippen LogP contribution in [-0.4, -0.2) is 28.2 Å². The van der Waals surface area contributed by atoms with Crippen LogP contribution in [0, 0.1) is 10.1 Å². The SMILES string of the molecule is COc1ccc(-c2cc(-c3ccc([N+](=O)[O-])cc3)nc(/N=C/c3ccco3)n2)cc1. The highest BCUT2D eigenvalue weighted by molar-refractivity contribution is 5.78. The van der Waals surface area contributed by atoms with Gasteiger partial charge in [-0.2, -0.15) is 0 Å². The number of non-ortho nitro benzene ring substituents is 1. The lowest BCUT2D eigenvalue weighted by Gasteiger charge is -2.07. The normalized spacial score (nSPS) is 11.0. The molecule has 0 aliphatic heterocycles. The van der Waals surface area contributed by atoms with Crippen molar-refractivity contribution in [3.63, 3.8) is 0 Å². The molecule has 0 amide bonds. The summed E-state index contributed by atoms with van der Waals surface area (Å²) in [6, 6.07) is 19.0. The third kappa shape index (κ3) is 4.22. The number of nitrogens with zero attached hydrogens (tertiary/aromatic N) is 4. The first-order valence-electron chi connectivity index (χ1n) is 8.98. The average Bonchev–Trinajstić information content (AvgIpc) is 3.31. The van der Waals surface area contributed by atoms with E-state index < -0.39 is 4.92 Å². The van der Waals surface area contributed by atoms with Gasteiger partial charge in [-0.15, -0.1) is 0 Å². The summed E-state index contributed by atoms with van der Waals surface area (Å²) >= 11 is 0. The molecule has 8 heteroatoms. The van der Waals surface area contributed by atoms with Gasteiger partial charge in [0.1, 0.15) is 11.5 Å². The van der Waals surface area contributed by atoms with E-state index in [0.717, 1.165) is 11.3 Å². The van der Waals surface area contributed by atoms with Crippen molar-refractivity contribution in [2.45, 2.75) is 0 Å². The first-order chi connectivity index (χ1) is 14.6. The number of rotatable bonds is 6. The second-order valence-corrected chi connectivity index (χ2v) is 6.24. The van der Waals surface area contributed by atoms with E-state index in [4.69, 9.17) is 9.15 Å². The van der Waals surface area contributed by atoms with E-state index in [1.54, 1.807) is 37.6 Å². The summed E-state index contributed by atoms with van der Waals surface area (Å²) in [5.41, 5.74) is 2.84. The number of hydrogen-bond acceptors (Lipinski definition) is 7. The van der Waals surface area contributed by atoms with E-state index in [9.17, 15) is 10.1 Å². The number of aliphatic imine (C=N–C) groups is 1. The van der Waals surface area contributed by atoms with E-state index in [0.29, 0.717) is 22.7 Å². The number of furan rings is 1. The van der Waals surface area contributed by atoms with Crippen LogP contribution >= 0.6 is 0 Å². The van der Waals surface area contributed by atoms with Crippen molar-refractivity contribution in [3.8, 4) is 28.3 Å². The molecule has 0 N–H and O–H groups in total. The minimum Gasteiger partial charge on any atom is -0.497 e. The Morgan fingerprint density at radius 2 is 1.63 bits per heavy atom. The number of hydrogen-bond donors (Lipinski definition) is 0. The summed E-state index contributed by atoms with van der Waals surface area (Å²) in [6.07, 6.45) is 3.09. The van der Waals surface area contributed by atoms with Crippen LogP contribution < -0.4 is 4.74 Å². The van der Waals surface area contributed by atoms with Crippen LogP contribution in [0.4, 0.5) is 11.6 Å². The van der Waals surface area contributed by atoms with E-state index in [1.165, 1.54) is 18.3 Å². The molecule has 148 valence electrons. The fraction of sp³-hybridized carbons (Fsp3) is 0.0455. The molecule has 30 heavy (non-hydrogen) atoms. The van der Waals surface area contributed by atoms with Gasteiger partial charge in [-0.25, -0.2) is 15.0 Å². The number of nitro benzene ring substituents is 1. The number of aromatic nitrogens is 2. The fourth-order valence-electron chi connectivity index (χ4n) is 2.79. The minimum absolute atomic E-state index is 0.0132. The molecule has 0 aliphatic rings. The zero-order chi connectivity index (χ0) is 20.9. The van der Waals surface area contributed by atoms with Gasteiger partial charge in [-0.05, 0) is 54.6 Å². The van der Waals surface area contributed by atoms with Crippen molar-refractivity contribution in [2.75, 3.05) is 7.11 Å². The van der Waals surface area contributed by atoms with Crippen LogP contribution in [0.3, 0.4) is 0 Å². The maximum atomic E-state index is 10.9. The first kappa shape index (κ1) is 19.0. The molecule has 0 unspecified atom stereocenters. The summed E-state index contributed by atoms with van der Waals surface area (Å²) in [7, 11) is 1.61. The molecule has 0 atom stereocenters. The van der Waals surface area contributed by atoms with E-state index in [2.05, 4.69) is 15.0 Å². The Morgan fingerprint density at radius 3 is 2.17 bits per heavy atom. The summed E-state index contributed by atoms with van der Waals surface area (Å²) in [6.45, 7) is 0. The van der Waals surface area contributed by atoms with Crippen molar-refractivity contribution >= 4 is 17.9 Å². The van der Waals surface area contributed by atoms with Gasteiger partial charge in [0.15, 0.2) is 0 Å². The van der Waals surface area contributed by atoms with Gasteiger partial charge in [0.2, 0.25) is 0 Å². The van der Waals surface area contributed by atoms with Crippen molar-refractivity contribution < 1.29 is 14.1 Å². The van der Waals surface area contributed by atoms with Crippen molar-refractivity contribution in [2.24, 2.45) is 4.99 Å². The molecule has 0 fully saturated rings.